The Morgan fingerprint density at radius 3 is 2.76 bits per heavy atom. The molecule has 0 fully saturated rings. The highest BCUT2D eigenvalue weighted by Crippen LogP contribution is 2.21. The maximum atomic E-state index is 12.8. The summed E-state index contributed by atoms with van der Waals surface area (Å²) in [5.41, 5.74) is 2.99. The Labute approximate surface area is 131 Å². The molecule has 2 heterocycles. The molecule has 0 bridgehead atoms. The predicted octanol–water partition coefficient (Wildman–Crippen LogP) is 4.11. The molecule has 1 atom stereocenters. The lowest BCUT2D eigenvalue weighted by molar-refractivity contribution is 0.677. The second-order valence-electron chi connectivity index (χ2n) is 5.07. The van der Waals surface area contributed by atoms with Gasteiger partial charge < -0.3 is 0 Å². The number of aryl methyl sites for hydroxylation is 1. The minimum atomic E-state index is -0.318. The second-order valence-corrected chi connectivity index (χ2v) is 6.47. The summed E-state index contributed by atoms with van der Waals surface area (Å²) in [6.07, 6.45) is 0. The van der Waals surface area contributed by atoms with Gasteiger partial charge in [0, 0.05) is 0 Å². The molecule has 0 aliphatic rings. The fourth-order valence-electron chi connectivity index (χ4n) is 2.36. The molecule has 5 heteroatoms. The minimum Gasteiger partial charge on any atom is -0.290 e. The molecule has 0 aliphatic carbocycles. The zero-order chi connectivity index (χ0) is 15.0. The van der Waals surface area contributed by atoms with E-state index in [4.69, 9.17) is 11.6 Å². The van der Waals surface area contributed by atoms with Crippen molar-refractivity contribution < 1.29 is 0 Å². The first-order valence-electron chi connectivity index (χ1n) is 6.73. The summed E-state index contributed by atoms with van der Waals surface area (Å²) in [5.74, 6) is 0.617. The summed E-state index contributed by atoms with van der Waals surface area (Å²) < 4.78 is 1.69. The third-order valence-corrected chi connectivity index (χ3v) is 4.64. The van der Waals surface area contributed by atoms with Crippen LogP contribution in [0.5, 0.6) is 0 Å². The fraction of sp³-hybridized carbons (Fsp3) is 0.250. The molecule has 0 radical (unpaired) electrons. The summed E-state index contributed by atoms with van der Waals surface area (Å²) in [7, 11) is 0. The highest BCUT2D eigenvalue weighted by atomic mass is 35.5. The van der Waals surface area contributed by atoms with Gasteiger partial charge in [0.2, 0.25) is 0 Å². The topological polar surface area (TPSA) is 34.9 Å². The third-order valence-electron chi connectivity index (χ3n) is 3.54. The molecule has 0 aliphatic heterocycles. The van der Waals surface area contributed by atoms with E-state index in [9.17, 15) is 4.79 Å². The van der Waals surface area contributed by atoms with E-state index in [1.165, 1.54) is 5.56 Å². The van der Waals surface area contributed by atoms with Crippen LogP contribution in [0.3, 0.4) is 0 Å². The van der Waals surface area contributed by atoms with Gasteiger partial charge in [0.1, 0.15) is 5.82 Å². The van der Waals surface area contributed by atoms with E-state index >= 15 is 0 Å². The Bertz CT molecular complexity index is 851. The molecule has 0 saturated carbocycles. The minimum absolute atomic E-state index is 0.0336. The number of hydrogen-bond acceptors (Lipinski definition) is 3. The van der Waals surface area contributed by atoms with Gasteiger partial charge in [-0.1, -0.05) is 12.1 Å². The van der Waals surface area contributed by atoms with Gasteiger partial charge >= 0.3 is 0 Å². The van der Waals surface area contributed by atoms with Gasteiger partial charge in [-0.15, -0.1) is 11.6 Å². The standard InChI is InChI=1S/C16H15ClN2OS/c1-10-8-21-9-12(10)7-19-15(11(2)17)18-14-6-4-3-5-13(14)16(19)20/h3-6,8-9,11H,7H2,1-2H3. The Balaban J connectivity index is 2.24. The first-order chi connectivity index (χ1) is 10.1. The van der Waals surface area contributed by atoms with Crippen LogP contribution >= 0.6 is 22.9 Å². The van der Waals surface area contributed by atoms with E-state index in [1.807, 2.05) is 31.2 Å². The summed E-state index contributed by atoms with van der Waals surface area (Å²) in [6, 6.07) is 7.39. The molecule has 1 aromatic carbocycles. The fourth-order valence-corrected chi connectivity index (χ4v) is 3.38. The van der Waals surface area contributed by atoms with Crippen LogP contribution in [0.4, 0.5) is 0 Å². The third kappa shape index (κ3) is 2.61. The van der Waals surface area contributed by atoms with Gasteiger partial charge in [0.15, 0.2) is 0 Å². The van der Waals surface area contributed by atoms with Crippen LogP contribution in [-0.2, 0) is 6.54 Å². The molecule has 0 spiro atoms. The zero-order valence-electron chi connectivity index (χ0n) is 11.8. The Morgan fingerprint density at radius 2 is 2.10 bits per heavy atom. The van der Waals surface area contributed by atoms with E-state index in [0.29, 0.717) is 23.3 Å². The first-order valence-corrected chi connectivity index (χ1v) is 8.11. The molecule has 3 aromatic rings. The van der Waals surface area contributed by atoms with Gasteiger partial charge in [-0.2, -0.15) is 11.3 Å². The molecule has 0 saturated heterocycles. The van der Waals surface area contributed by atoms with E-state index in [1.54, 1.807) is 15.9 Å². The first kappa shape index (κ1) is 14.3. The molecular weight excluding hydrogens is 304 g/mol. The zero-order valence-corrected chi connectivity index (χ0v) is 13.4. The lowest BCUT2D eigenvalue weighted by Gasteiger charge is -2.15. The van der Waals surface area contributed by atoms with E-state index in [0.717, 1.165) is 5.56 Å². The van der Waals surface area contributed by atoms with E-state index < -0.39 is 0 Å². The largest absolute Gasteiger partial charge is 0.290 e. The number of rotatable bonds is 3. The monoisotopic (exact) mass is 318 g/mol. The van der Waals surface area contributed by atoms with Crippen LogP contribution in [0.2, 0.25) is 0 Å². The Hall–Kier alpha value is -1.65. The molecule has 1 unspecified atom stereocenters. The molecule has 2 aromatic heterocycles. The lowest BCUT2D eigenvalue weighted by Crippen LogP contribution is -2.26. The Kier molecular flexibility index (Phi) is 3.83. The van der Waals surface area contributed by atoms with Crippen molar-refractivity contribution in [3.63, 3.8) is 0 Å². The van der Waals surface area contributed by atoms with Crippen LogP contribution in [-0.4, -0.2) is 9.55 Å². The number of alkyl halides is 1. The van der Waals surface area contributed by atoms with Gasteiger partial charge in [-0.3, -0.25) is 9.36 Å². The number of para-hydroxylation sites is 1. The lowest BCUT2D eigenvalue weighted by atomic mass is 10.2. The normalized spacial score (nSPS) is 12.7. The number of halogens is 1. The maximum absolute atomic E-state index is 12.8. The maximum Gasteiger partial charge on any atom is 0.261 e. The van der Waals surface area contributed by atoms with Gasteiger partial charge in [-0.25, -0.2) is 4.98 Å². The van der Waals surface area contributed by atoms with Crippen molar-refractivity contribution in [2.24, 2.45) is 0 Å². The molecular formula is C16H15ClN2OS. The Morgan fingerprint density at radius 1 is 1.33 bits per heavy atom. The number of thiophene rings is 1. The van der Waals surface area contributed by atoms with Crippen LogP contribution in [0.15, 0.2) is 39.8 Å². The number of hydrogen-bond donors (Lipinski definition) is 0. The summed E-state index contributed by atoms with van der Waals surface area (Å²) in [5, 5.41) is 4.46. The summed E-state index contributed by atoms with van der Waals surface area (Å²) >= 11 is 7.88. The van der Waals surface area contributed by atoms with Crippen molar-refractivity contribution in [1.82, 2.24) is 9.55 Å². The van der Waals surface area contributed by atoms with Gasteiger partial charge in [-0.05, 0) is 47.9 Å². The van der Waals surface area contributed by atoms with Crippen molar-refractivity contribution in [3.05, 3.63) is 62.3 Å². The number of nitrogens with zero attached hydrogens (tertiary/aromatic N) is 2. The molecule has 3 rings (SSSR count). The summed E-state index contributed by atoms with van der Waals surface area (Å²) in [6.45, 7) is 4.41. The highest BCUT2D eigenvalue weighted by Gasteiger charge is 2.15. The quantitative estimate of drug-likeness (QED) is 0.681. The average molecular weight is 319 g/mol. The highest BCUT2D eigenvalue weighted by molar-refractivity contribution is 7.08. The van der Waals surface area contributed by atoms with Gasteiger partial charge in [0.05, 0.1) is 22.8 Å². The smallest absolute Gasteiger partial charge is 0.261 e. The van der Waals surface area contributed by atoms with Gasteiger partial charge in [0.25, 0.3) is 5.56 Å². The summed E-state index contributed by atoms with van der Waals surface area (Å²) in [4.78, 5) is 17.3. The van der Waals surface area contributed by atoms with Crippen molar-refractivity contribution >= 4 is 33.8 Å². The van der Waals surface area contributed by atoms with E-state index in [-0.39, 0.29) is 10.9 Å². The van der Waals surface area contributed by atoms with Crippen LogP contribution in [0.1, 0.15) is 29.3 Å². The molecule has 0 N–H and O–H groups in total. The van der Waals surface area contributed by atoms with Crippen molar-refractivity contribution in [1.29, 1.82) is 0 Å². The molecule has 3 nitrogen and oxygen atoms in total. The molecule has 108 valence electrons. The number of benzene rings is 1. The molecule has 0 amide bonds. The van der Waals surface area contributed by atoms with Crippen LogP contribution in [0, 0.1) is 6.92 Å². The van der Waals surface area contributed by atoms with Crippen LogP contribution in [0.25, 0.3) is 10.9 Å². The van der Waals surface area contributed by atoms with E-state index in [2.05, 4.69) is 22.7 Å². The number of fused-ring (bicyclic) bond motifs is 1. The molecule has 21 heavy (non-hydrogen) atoms. The van der Waals surface area contributed by atoms with Crippen molar-refractivity contribution in [3.8, 4) is 0 Å². The van der Waals surface area contributed by atoms with Crippen molar-refractivity contribution in [2.75, 3.05) is 0 Å². The average Bonchev–Trinajstić information content (AvgIpc) is 2.87. The predicted molar refractivity (Wildman–Crippen MR) is 88.4 cm³/mol. The second kappa shape index (κ2) is 5.62. The van der Waals surface area contributed by atoms with Crippen LogP contribution < -0.4 is 5.56 Å². The number of aromatic nitrogens is 2. The van der Waals surface area contributed by atoms with Crippen molar-refractivity contribution in [2.45, 2.75) is 25.8 Å². The SMILES string of the molecule is Cc1cscc1Cn1c(C(C)Cl)nc2ccccc2c1=O.